The molecule has 10 heteroatoms. The molecule has 0 amide bonds. The van der Waals surface area contributed by atoms with Crippen LogP contribution in [-0.2, 0) is 14.3 Å². The average Bonchev–Trinajstić information content (AvgIpc) is 2.82. The fourth-order valence-electron chi connectivity index (χ4n) is 2.87. The maximum absolute atomic E-state index is 13.0. The standard InChI is InChI=1S/C25H27F3O7/c1-3-5-6-7-16-33-19-12-14-20(15-13-19)34-22(29)17-8-10-18(11-9-17)23(30)35-21(25(26,27)28)24(31)32-4-2/h8-15,21H,3-7,16H2,1-2H3. The van der Waals surface area contributed by atoms with Gasteiger partial charge >= 0.3 is 24.1 Å². The van der Waals surface area contributed by atoms with Gasteiger partial charge in [0.2, 0.25) is 0 Å². The Morgan fingerprint density at radius 3 is 1.91 bits per heavy atom. The second-order valence-electron chi connectivity index (χ2n) is 7.43. The van der Waals surface area contributed by atoms with Crippen LogP contribution in [0.25, 0.3) is 0 Å². The van der Waals surface area contributed by atoms with E-state index in [9.17, 15) is 27.6 Å². The highest BCUT2D eigenvalue weighted by Crippen LogP contribution is 2.25. The number of rotatable bonds is 12. The largest absolute Gasteiger partial charge is 0.494 e. The minimum absolute atomic E-state index is 0.0514. The van der Waals surface area contributed by atoms with E-state index in [0.29, 0.717) is 12.4 Å². The van der Waals surface area contributed by atoms with Gasteiger partial charge in [-0.05, 0) is 61.9 Å². The van der Waals surface area contributed by atoms with E-state index in [1.165, 1.54) is 19.1 Å². The molecule has 190 valence electrons. The summed E-state index contributed by atoms with van der Waals surface area (Å²) in [7, 11) is 0. The van der Waals surface area contributed by atoms with Crippen LogP contribution in [0.2, 0.25) is 0 Å². The van der Waals surface area contributed by atoms with Crippen LogP contribution in [0, 0.1) is 0 Å². The number of ether oxygens (including phenoxy) is 4. The van der Waals surface area contributed by atoms with Gasteiger partial charge in [0.05, 0.1) is 24.3 Å². The van der Waals surface area contributed by atoms with E-state index in [-0.39, 0.29) is 23.5 Å². The van der Waals surface area contributed by atoms with Crippen molar-refractivity contribution in [3.63, 3.8) is 0 Å². The number of halogens is 3. The van der Waals surface area contributed by atoms with E-state index < -0.39 is 30.2 Å². The summed E-state index contributed by atoms with van der Waals surface area (Å²) in [6.07, 6.45) is -3.85. The molecule has 0 bridgehead atoms. The lowest BCUT2D eigenvalue weighted by Gasteiger charge is -2.18. The van der Waals surface area contributed by atoms with Crippen LogP contribution in [0.1, 0.15) is 60.2 Å². The van der Waals surface area contributed by atoms with Crippen molar-refractivity contribution >= 4 is 17.9 Å². The smallest absolute Gasteiger partial charge is 0.436 e. The van der Waals surface area contributed by atoms with Crippen LogP contribution in [0.15, 0.2) is 48.5 Å². The Hall–Kier alpha value is -3.56. The molecule has 7 nitrogen and oxygen atoms in total. The SMILES string of the molecule is CCCCCCOc1ccc(OC(=O)c2ccc(C(=O)OC(C(=O)OCC)C(F)(F)F)cc2)cc1. The third-order valence-electron chi connectivity index (χ3n) is 4.68. The number of esters is 3. The minimum atomic E-state index is -5.14. The summed E-state index contributed by atoms with van der Waals surface area (Å²) in [5, 5.41) is 0. The molecular formula is C25H27F3O7. The second-order valence-corrected chi connectivity index (χ2v) is 7.43. The normalized spacial score (nSPS) is 11.9. The molecule has 0 aliphatic heterocycles. The summed E-state index contributed by atoms with van der Waals surface area (Å²) in [6, 6.07) is 11.0. The van der Waals surface area contributed by atoms with Crippen LogP contribution in [0.5, 0.6) is 11.5 Å². The number of alkyl halides is 3. The molecule has 0 aliphatic carbocycles. The van der Waals surface area contributed by atoms with Crippen molar-refractivity contribution in [1.29, 1.82) is 0 Å². The number of carbonyl (C=O) groups is 3. The first kappa shape index (κ1) is 27.7. The van der Waals surface area contributed by atoms with Gasteiger partial charge in [-0.2, -0.15) is 13.2 Å². The monoisotopic (exact) mass is 496 g/mol. The molecule has 0 heterocycles. The molecule has 1 unspecified atom stereocenters. The highest BCUT2D eigenvalue weighted by molar-refractivity contribution is 5.95. The Morgan fingerprint density at radius 1 is 0.800 bits per heavy atom. The number of unbranched alkanes of at least 4 members (excludes halogenated alkanes) is 3. The van der Waals surface area contributed by atoms with E-state index in [2.05, 4.69) is 16.4 Å². The topological polar surface area (TPSA) is 88.1 Å². The van der Waals surface area contributed by atoms with Crippen molar-refractivity contribution in [2.75, 3.05) is 13.2 Å². The lowest BCUT2D eigenvalue weighted by Crippen LogP contribution is -2.41. The molecule has 0 N–H and O–H groups in total. The van der Waals surface area contributed by atoms with Crippen molar-refractivity contribution in [2.45, 2.75) is 51.8 Å². The molecule has 0 saturated carbocycles. The van der Waals surface area contributed by atoms with Gasteiger partial charge in [-0.3, -0.25) is 0 Å². The first-order valence-corrected chi connectivity index (χ1v) is 11.1. The summed E-state index contributed by atoms with van der Waals surface area (Å²) in [5.41, 5.74) is -0.240. The maximum Gasteiger partial charge on any atom is 0.436 e. The summed E-state index contributed by atoms with van der Waals surface area (Å²) in [6.45, 7) is 3.74. The fraction of sp³-hybridized carbons (Fsp3) is 0.400. The molecule has 2 rings (SSSR count). The van der Waals surface area contributed by atoms with Crippen molar-refractivity contribution in [1.82, 2.24) is 0 Å². The molecular weight excluding hydrogens is 469 g/mol. The van der Waals surface area contributed by atoms with Crippen molar-refractivity contribution in [3.05, 3.63) is 59.7 Å². The predicted molar refractivity (Wildman–Crippen MR) is 119 cm³/mol. The highest BCUT2D eigenvalue weighted by Gasteiger charge is 2.49. The van der Waals surface area contributed by atoms with Crippen molar-refractivity contribution in [2.24, 2.45) is 0 Å². The molecule has 0 radical (unpaired) electrons. The summed E-state index contributed by atoms with van der Waals surface area (Å²) in [5.74, 6) is -2.95. The summed E-state index contributed by atoms with van der Waals surface area (Å²) in [4.78, 5) is 35.9. The quantitative estimate of drug-likeness (QED) is 0.217. The molecule has 1 atom stereocenters. The van der Waals surface area contributed by atoms with Crippen molar-refractivity contribution in [3.8, 4) is 11.5 Å². The molecule has 0 fully saturated rings. The second kappa shape index (κ2) is 13.4. The average molecular weight is 496 g/mol. The zero-order valence-corrected chi connectivity index (χ0v) is 19.4. The summed E-state index contributed by atoms with van der Waals surface area (Å²) >= 11 is 0. The maximum atomic E-state index is 13.0. The van der Waals surface area contributed by atoms with Gasteiger partial charge in [-0.25, -0.2) is 14.4 Å². The summed E-state index contributed by atoms with van der Waals surface area (Å²) < 4.78 is 58.6. The van der Waals surface area contributed by atoms with E-state index >= 15 is 0 Å². The number of hydrogen-bond acceptors (Lipinski definition) is 7. The minimum Gasteiger partial charge on any atom is -0.494 e. The molecule has 0 aliphatic rings. The van der Waals surface area contributed by atoms with Crippen LogP contribution >= 0.6 is 0 Å². The Bertz CT molecular complexity index is 970. The molecule has 35 heavy (non-hydrogen) atoms. The third-order valence-corrected chi connectivity index (χ3v) is 4.68. The van der Waals surface area contributed by atoms with Gasteiger partial charge in [0.1, 0.15) is 11.5 Å². The van der Waals surface area contributed by atoms with Gasteiger partial charge in [0.25, 0.3) is 6.10 Å². The fourth-order valence-corrected chi connectivity index (χ4v) is 2.87. The van der Waals surface area contributed by atoms with Crippen LogP contribution in [0.4, 0.5) is 13.2 Å². The lowest BCUT2D eigenvalue weighted by molar-refractivity contribution is -0.218. The Balaban J connectivity index is 1.94. The van der Waals surface area contributed by atoms with Crippen LogP contribution in [0.3, 0.4) is 0 Å². The van der Waals surface area contributed by atoms with E-state index in [1.54, 1.807) is 24.3 Å². The predicted octanol–water partition coefficient (Wildman–Crippen LogP) is 5.52. The van der Waals surface area contributed by atoms with E-state index in [4.69, 9.17) is 9.47 Å². The molecule has 0 saturated heterocycles. The highest BCUT2D eigenvalue weighted by atomic mass is 19.4. The first-order chi connectivity index (χ1) is 16.7. The van der Waals surface area contributed by atoms with Gasteiger partial charge in [0.15, 0.2) is 0 Å². The number of benzene rings is 2. The Kier molecular flexibility index (Phi) is 10.6. The zero-order chi connectivity index (χ0) is 25.8. The molecule has 0 spiro atoms. The van der Waals surface area contributed by atoms with E-state index in [1.807, 2.05) is 0 Å². The third kappa shape index (κ3) is 8.95. The van der Waals surface area contributed by atoms with Gasteiger partial charge < -0.3 is 18.9 Å². The van der Waals surface area contributed by atoms with E-state index in [0.717, 1.165) is 37.8 Å². The Labute approximate surface area is 201 Å². The first-order valence-electron chi connectivity index (χ1n) is 11.1. The van der Waals surface area contributed by atoms with Gasteiger partial charge in [-0.1, -0.05) is 26.2 Å². The van der Waals surface area contributed by atoms with Gasteiger partial charge in [-0.15, -0.1) is 0 Å². The molecule has 2 aromatic rings. The number of hydrogen-bond donors (Lipinski definition) is 0. The van der Waals surface area contributed by atoms with Crippen LogP contribution in [-0.4, -0.2) is 43.4 Å². The molecule has 2 aromatic carbocycles. The van der Waals surface area contributed by atoms with Gasteiger partial charge in [0, 0.05) is 0 Å². The zero-order valence-electron chi connectivity index (χ0n) is 19.4. The number of carbonyl (C=O) groups excluding carboxylic acids is 3. The van der Waals surface area contributed by atoms with Crippen molar-refractivity contribution < 1.29 is 46.5 Å². The van der Waals surface area contributed by atoms with Crippen LogP contribution < -0.4 is 9.47 Å². The molecule has 0 aromatic heterocycles. The Morgan fingerprint density at radius 2 is 1.37 bits per heavy atom. The lowest BCUT2D eigenvalue weighted by atomic mass is 10.1.